The molecule has 2 bridgehead atoms. The van der Waals surface area contributed by atoms with Crippen LogP contribution in [0.15, 0.2) is 0 Å². The summed E-state index contributed by atoms with van der Waals surface area (Å²) in [4.78, 5) is 0. The highest BCUT2D eigenvalue weighted by molar-refractivity contribution is 5.06. The predicted octanol–water partition coefficient (Wildman–Crippen LogP) is 1.54. The molecule has 2 aliphatic heterocycles. The third-order valence-electron chi connectivity index (χ3n) is 4.08. The lowest BCUT2D eigenvalue weighted by molar-refractivity contribution is -0.319. The van der Waals surface area contributed by atoms with E-state index in [1.165, 1.54) is 0 Å². The summed E-state index contributed by atoms with van der Waals surface area (Å²) in [5.41, 5.74) is -0.864. The van der Waals surface area contributed by atoms with Gasteiger partial charge in [-0.3, -0.25) is 0 Å². The van der Waals surface area contributed by atoms with Crippen LogP contribution in [0.3, 0.4) is 0 Å². The fourth-order valence-corrected chi connectivity index (χ4v) is 2.80. The van der Waals surface area contributed by atoms with Gasteiger partial charge in [0.1, 0.15) is 5.60 Å². The lowest BCUT2D eigenvalue weighted by atomic mass is 9.81. The first kappa shape index (κ1) is 10.4. The van der Waals surface area contributed by atoms with Gasteiger partial charge in [0.05, 0.1) is 12.7 Å². The van der Waals surface area contributed by atoms with Gasteiger partial charge < -0.3 is 14.6 Å². The van der Waals surface area contributed by atoms with Gasteiger partial charge in [0.25, 0.3) is 0 Å². The van der Waals surface area contributed by atoms with Crippen molar-refractivity contribution in [2.45, 2.75) is 51.6 Å². The highest BCUT2D eigenvalue weighted by Crippen LogP contribution is 2.51. The van der Waals surface area contributed by atoms with E-state index in [1.54, 1.807) is 0 Å². The Morgan fingerprint density at radius 1 is 1.43 bits per heavy atom. The van der Waals surface area contributed by atoms with Gasteiger partial charge in [-0.15, -0.1) is 0 Å². The molecule has 0 aromatic heterocycles. The molecule has 0 aromatic carbocycles. The molecule has 1 N–H and O–H groups in total. The van der Waals surface area contributed by atoms with Gasteiger partial charge in [0.15, 0.2) is 5.79 Å². The van der Waals surface area contributed by atoms with Crippen LogP contribution in [0.5, 0.6) is 0 Å². The summed E-state index contributed by atoms with van der Waals surface area (Å²) in [5, 5.41) is 10.5. The van der Waals surface area contributed by atoms with E-state index in [0.717, 1.165) is 0 Å². The van der Waals surface area contributed by atoms with Crippen LogP contribution in [0.2, 0.25) is 0 Å². The second-order valence-corrected chi connectivity index (χ2v) is 4.91. The van der Waals surface area contributed by atoms with Crippen molar-refractivity contribution in [3.63, 3.8) is 0 Å². The SMILES string of the molecule is CCC12OCC(C)C(O1)C(C)[C@@]2(C)O. The summed E-state index contributed by atoms with van der Waals surface area (Å²) < 4.78 is 11.6. The predicted molar refractivity (Wildman–Crippen MR) is 52.8 cm³/mol. The van der Waals surface area contributed by atoms with E-state index < -0.39 is 11.4 Å². The van der Waals surface area contributed by atoms with Gasteiger partial charge in [-0.2, -0.15) is 0 Å². The Labute approximate surface area is 85.4 Å². The molecule has 0 saturated carbocycles. The van der Waals surface area contributed by atoms with Crippen LogP contribution >= 0.6 is 0 Å². The molecule has 82 valence electrons. The number of rotatable bonds is 1. The molecule has 2 fully saturated rings. The van der Waals surface area contributed by atoms with Gasteiger partial charge in [-0.05, 0) is 6.92 Å². The van der Waals surface area contributed by atoms with Crippen molar-refractivity contribution in [2.24, 2.45) is 11.8 Å². The smallest absolute Gasteiger partial charge is 0.197 e. The lowest BCUT2D eigenvalue weighted by Crippen LogP contribution is -2.53. The zero-order valence-electron chi connectivity index (χ0n) is 9.41. The normalized spacial score (nSPS) is 57.6. The highest BCUT2D eigenvalue weighted by atomic mass is 16.7. The fraction of sp³-hybridized carbons (Fsp3) is 1.00. The first-order valence-electron chi connectivity index (χ1n) is 5.49. The van der Waals surface area contributed by atoms with Crippen molar-refractivity contribution >= 4 is 0 Å². The maximum absolute atomic E-state index is 10.5. The molecular formula is C11H20O3. The van der Waals surface area contributed by atoms with E-state index in [-0.39, 0.29) is 12.0 Å². The van der Waals surface area contributed by atoms with Crippen LogP contribution < -0.4 is 0 Å². The Kier molecular flexibility index (Phi) is 2.18. The molecule has 0 aromatic rings. The third-order valence-corrected chi connectivity index (χ3v) is 4.08. The maximum atomic E-state index is 10.5. The Balaban J connectivity index is 2.37. The van der Waals surface area contributed by atoms with Gasteiger partial charge in [0.2, 0.25) is 0 Å². The Hall–Kier alpha value is -0.120. The standard InChI is InChI=1S/C11H20O3/c1-5-11-10(4,12)8(3)9(14-11)7(2)6-13-11/h7-9,12H,5-6H2,1-4H3/t7?,8?,9?,10-,11?/m1/s1. The molecule has 0 radical (unpaired) electrons. The van der Waals surface area contributed by atoms with Gasteiger partial charge >= 0.3 is 0 Å². The molecule has 4 unspecified atom stereocenters. The molecule has 0 aliphatic carbocycles. The highest BCUT2D eigenvalue weighted by Gasteiger charge is 2.64. The summed E-state index contributed by atoms with van der Waals surface area (Å²) in [7, 11) is 0. The molecule has 5 atom stereocenters. The van der Waals surface area contributed by atoms with Crippen molar-refractivity contribution < 1.29 is 14.6 Å². The van der Waals surface area contributed by atoms with E-state index in [9.17, 15) is 5.11 Å². The Morgan fingerprint density at radius 2 is 2.07 bits per heavy atom. The third kappa shape index (κ3) is 1.03. The van der Waals surface area contributed by atoms with Gasteiger partial charge in [0, 0.05) is 18.3 Å². The van der Waals surface area contributed by atoms with Crippen LogP contribution in [0.4, 0.5) is 0 Å². The number of ether oxygens (including phenoxy) is 2. The van der Waals surface area contributed by atoms with Crippen LogP contribution in [0.25, 0.3) is 0 Å². The van der Waals surface area contributed by atoms with E-state index >= 15 is 0 Å². The first-order chi connectivity index (χ1) is 6.44. The molecule has 0 spiro atoms. The number of hydrogen-bond acceptors (Lipinski definition) is 3. The summed E-state index contributed by atoms with van der Waals surface area (Å²) in [6.07, 6.45) is 0.840. The zero-order valence-corrected chi connectivity index (χ0v) is 9.41. The van der Waals surface area contributed by atoms with Crippen LogP contribution in [-0.4, -0.2) is 29.2 Å². The molecule has 14 heavy (non-hydrogen) atoms. The van der Waals surface area contributed by atoms with Gasteiger partial charge in [-0.25, -0.2) is 0 Å². The second kappa shape index (κ2) is 2.94. The average molecular weight is 200 g/mol. The van der Waals surface area contributed by atoms with Crippen LogP contribution in [0, 0.1) is 11.8 Å². The lowest BCUT2D eigenvalue weighted by Gasteiger charge is -2.40. The summed E-state index contributed by atoms with van der Waals surface area (Å²) in [6.45, 7) is 8.69. The monoisotopic (exact) mass is 200 g/mol. The van der Waals surface area contributed by atoms with Crippen molar-refractivity contribution in [3.05, 3.63) is 0 Å². The summed E-state index contributed by atoms with van der Waals surface area (Å²) >= 11 is 0. The molecule has 2 rings (SSSR count). The van der Waals surface area contributed by atoms with Crippen molar-refractivity contribution in [2.75, 3.05) is 6.61 Å². The second-order valence-electron chi connectivity index (χ2n) is 4.91. The molecule has 2 aliphatic rings. The minimum atomic E-state index is -0.864. The largest absolute Gasteiger partial charge is 0.384 e. The minimum Gasteiger partial charge on any atom is -0.384 e. The molecule has 3 nitrogen and oxygen atoms in total. The Bertz CT molecular complexity index is 239. The topological polar surface area (TPSA) is 38.7 Å². The van der Waals surface area contributed by atoms with E-state index in [2.05, 4.69) is 6.92 Å². The molecule has 2 heterocycles. The average Bonchev–Trinajstić information content (AvgIpc) is 2.32. The quantitative estimate of drug-likeness (QED) is 0.698. The molecular weight excluding hydrogens is 180 g/mol. The van der Waals surface area contributed by atoms with E-state index in [1.807, 2.05) is 20.8 Å². The molecule has 2 saturated heterocycles. The molecule has 3 heteroatoms. The summed E-state index contributed by atoms with van der Waals surface area (Å²) in [5.74, 6) is -0.248. The van der Waals surface area contributed by atoms with Crippen molar-refractivity contribution in [1.29, 1.82) is 0 Å². The first-order valence-corrected chi connectivity index (χ1v) is 5.49. The molecule has 0 amide bonds. The number of aliphatic hydroxyl groups is 1. The Morgan fingerprint density at radius 3 is 2.64 bits per heavy atom. The van der Waals surface area contributed by atoms with Crippen molar-refractivity contribution in [1.82, 2.24) is 0 Å². The van der Waals surface area contributed by atoms with Gasteiger partial charge in [-0.1, -0.05) is 20.8 Å². The maximum Gasteiger partial charge on any atom is 0.197 e. The van der Waals surface area contributed by atoms with Crippen molar-refractivity contribution in [3.8, 4) is 0 Å². The van der Waals surface area contributed by atoms with Crippen LogP contribution in [0.1, 0.15) is 34.1 Å². The van der Waals surface area contributed by atoms with E-state index in [0.29, 0.717) is 18.9 Å². The summed E-state index contributed by atoms with van der Waals surface area (Å²) in [6, 6.07) is 0. The van der Waals surface area contributed by atoms with Crippen LogP contribution in [-0.2, 0) is 9.47 Å². The minimum absolute atomic E-state index is 0.138. The fourth-order valence-electron chi connectivity index (χ4n) is 2.80. The van der Waals surface area contributed by atoms with E-state index in [4.69, 9.17) is 9.47 Å². The number of hydrogen-bond donors (Lipinski definition) is 1. The number of fused-ring (bicyclic) bond motifs is 2. The zero-order chi connectivity index (χ0) is 10.6.